The van der Waals surface area contributed by atoms with E-state index in [4.69, 9.17) is 0 Å². The Morgan fingerprint density at radius 1 is 1.19 bits per heavy atom. The van der Waals surface area contributed by atoms with Crippen LogP contribution in [0, 0.1) is 6.92 Å². The average Bonchev–Trinajstić information content (AvgIpc) is 2.44. The van der Waals surface area contributed by atoms with Gasteiger partial charge in [0.2, 0.25) is 0 Å². The molecule has 0 spiro atoms. The van der Waals surface area contributed by atoms with E-state index in [9.17, 15) is 0 Å². The third-order valence-electron chi connectivity index (χ3n) is 3.59. The molecule has 1 heterocycles. The second-order valence-corrected chi connectivity index (χ2v) is 5.01. The van der Waals surface area contributed by atoms with Crippen molar-refractivity contribution in [2.24, 2.45) is 4.99 Å². The molecule has 0 N–H and O–H groups in total. The molecule has 0 fully saturated rings. The molecule has 1 aromatic carbocycles. The van der Waals surface area contributed by atoms with Crippen LogP contribution in [0.1, 0.15) is 44.4 Å². The minimum atomic E-state index is 0.0657. The smallest absolute Gasteiger partial charge is 0.0676 e. The van der Waals surface area contributed by atoms with E-state index in [-0.39, 0.29) is 5.41 Å². The predicted octanol–water partition coefficient (Wildman–Crippen LogP) is 4.41. The summed E-state index contributed by atoms with van der Waals surface area (Å²) in [5.41, 5.74) is 6.46. The SMILES string of the molecule is C/C=C\c1c(C)ccc2c1C(C)(C)C(C)=N2. The van der Waals surface area contributed by atoms with Crippen molar-refractivity contribution in [2.75, 3.05) is 0 Å². The van der Waals surface area contributed by atoms with E-state index in [1.807, 2.05) is 0 Å². The monoisotopic (exact) mass is 213 g/mol. The molecular formula is C15H19N. The van der Waals surface area contributed by atoms with Crippen LogP contribution in [0.2, 0.25) is 0 Å². The van der Waals surface area contributed by atoms with Crippen LogP contribution in [0.3, 0.4) is 0 Å². The van der Waals surface area contributed by atoms with Gasteiger partial charge in [0.25, 0.3) is 0 Å². The topological polar surface area (TPSA) is 12.4 Å². The van der Waals surface area contributed by atoms with E-state index in [1.165, 1.54) is 22.4 Å². The second-order valence-electron chi connectivity index (χ2n) is 5.01. The zero-order valence-corrected chi connectivity index (χ0v) is 10.8. The minimum absolute atomic E-state index is 0.0657. The zero-order chi connectivity index (χ0) is 11.9. The van der Waals surface area contributed by atoms with Crippen LogP contribution < -0.4 is 0 Å². The summed E-state index contributed by atoms with van der Waals surface area (Å²) in [4.78, 5) is 4.67. The second kappa shape index (κ2) is 3.58. The molecular weight excluding hydrogens is 194 g/mol. The van der Waals surface area contributed by atoms with Crippen molar-refractivity contribution in [3.8, 4) is 0 Å². The van der Waals surface area contributed by atoms with Crippen molar-refractivity contribution >= 4 is 17.5 Å². The van der Waals surface area contributed by atoms with Crippen molar-refractivity contribution < 1.29 is 0 Å². The summed E-state index contributed by atoms with van der Waals surface area (Å²) in [6.45, 7) is 10.9. The summed E-state index contributed by atoms with van der Waals surface area (Å²) in [5.74, 6) is 0. The molecule has 0 unspecified atom stereocenters. The molecule has 0 amide bonds. The summed E-state index contributed by atoms with van der Waals surface area (Å²) in [6, 6.07) is 4.29. The maximum absolute atomic E-state index is 4.67. The Hall–Kier alpha value is -1.37. The molecule has 16 heavy (non-hydrogen) atoms. The molecule has 1 aliphatic heterocycles. The number of hydrogen-bond donors (Lipinski definition) is 0. The van der Waals surface area contributed by atoms with E-state index in [0.717, 1.165) is 5.69 Å². The van der Waals surface area contributed by atoms with Gasteiger partial charge in [-0.05, 0) is 43.5 Å². The van der Waals surface area contributed by atoms with Gasteiger partial charge < -0.3 is 0 Å². The van der Waals surface area contributed by atoms with Crippen LogP contribution in [0.4, 0.5) is 5.69 Å². The highest BCUT2D eigenvalue weighted by atomic mass is 14.8. The lowest BCUT2D eigenvalue weighted by Crippen LogP contribution is -2.24. The lowest BCUT2D eigenvalue weighted by molar-refractivity contribution is 0.730. The lowest BCUT2D eigenvalue weighted by atomic mass is 9.78. The van der Waals surface area contributed by atoms with E-state index in [1.54, 1.807) is 0 Å². The molecule has 0 aromatic heterocycles. The summed E-state index contributed by atoms with van der Waals surface area (Å²) in [6.07, 6.45) is 4.30. The number of allylic oxidation sites excluding steroid dienone is 1. The highest BCUT2D eigenvalue weighted by Crippen LogP contribution is 2.43. The zero-order valence-electron chi connectivity index (χ0n) is 10.8. The molecule has 0 atom stereocenters. The fourth-order valence-electron chi connectivity index (χ4n) is 2.34. The number of nitrogens with zero attached hydrogens (tertiary/aromatic N) is 1. The van der Waals surface area contributed by atoms with Gasteiger partial charge in [0, 0.05) is 11.1 Å². The normalized spacial score (nSPS) is 17.7. The third-order valence-corrected chi connectivity index (χ3v) is 3.59. The van der Waals surface area contributed by atoms with Crippen LogP contribution in [-0.2, 0) is 5.41 Å². The fourth-order valence-corrected chi connectivity index (χ4v) is 2.34. The first kappa shape index (κ1) is 11.1. The van der Waals surface area contributed by atoms with Gasteiger partial charge in [-0.2, -0.15) is 0 Å². The molecule has 1 nitrogen and oxygen atoms in total. The van der Waals surface area contributed by atoms with Gasteiger partial charge in [-0.25, -0.2) is 0 Å². The Bertz CT molecular complexity index is 490. The summed E-state index contributed by atoms with van der Waals surface area (Å²) >= 11 is 0. The van der Waals surface area contributed by atoms with Crippen molar-refractivity contribution in [3.63, 3.8) is 0 Å². The van der Waals surface area contributed by atoms with E-state index in [2.05, 4.69) is 63.9 Å². The quantitative estimate of drug-likeness (QED) is 0.655. The Morgan fingerprint density at radius 3 is 2.50 bits per heavy atom. The first-order valence-corrected chi connectivity index (χ1v) is 5.81. The molecule has 1 aliphatic rings. The molecule has 1 aromatic rings. The molecule has 84 valence electrons. The van der Waals surface area contributed by atoms with Gasteiger partial charge in [0.05, 0.1) is 5.69 Å². The maximum atomic E-state index is 4.67. The molecule has 0 aliphatic carbocycles. The van der Waals surface area contributed by atoms with Gasteiger partial charge in [0.1, 0.15) is 0 Å². The molecule has 0 radical (unpaired) electrons. The van der Waals surface area contributed by atoms with Crippen molar-refractivity contribution in [3.05, 3.63) is 34.9 Å². The predicted molar refractivity (Wildman–Crippen MR) is 71.7 cm³/mol. The summed E-state index contributed by atoms with van der Waals surface area (Å²) < 4.78 is 0. The number of aryl methyl sites for hydroxylation is 1. The van der Waals surface area contributed by atoms with E-state index >= 15 is 0 Å². The molecule has 1 heteroatoms. The number of benzene rings is 1. The highest BCUT2D eigenvalue weighted by molar-refractivity contribution is 6.01. The fraction of sp³-hybridized carbons (Fsp3) is 0.400. The van der Waals surface area contributed by atoms with Crippen LogP contribution in [0.25, 0.3) is 6.08 Å². The first-order chi connectivity index (χ1) is 7.48. The first-order valence-electron chi connectivity index (χ1n) is 5.81. The molecule has 0 saturated heterocycles. The summed E-state index contributed by atoms with van der Waals surface area (Å²) in [5, 5.41) is 0. The van der Waals surface area contributed by atoms with Crippen molar-refractivity contribution in [1.29, 1.82) is 0 Å². The Labute approximate surface area is 97.9 Å². The van der Waals surface area contributed by atoms with Gasteiger partial charge in [-0.1, -0.05) is 32.1 Å². The van der Waals surface area contributed by atoms with Gasteiger partial charge >= 0.3 is 0 Å². The Morgan fingerprint density at radius 2 is 1.88 bits per heavy atom. The number of hydrogen-bond acceptors (Lipinski definition) is 1. The van der Waals surface area contributed by atoms with Crippen LogP contribution >= 0.6 is 0 Å². The van der Waals surface area contributed by atoms with Crippen LogP contribution in [-0.4, -0.2) is 5.71 Å². The molecule has 0 bridgehead atoms. The van der Waals surface area contributed by atoms with Crippen molar-refractivity contribution in [2.45, 2.75) is 40.0 Å². The Kier molecular flexibility index (Phi) is 2.49. The highest BCUT2D eigenvalue weighted by Gasteiger charge is 2.34. The average molecular weight is 213 g/mol. The van der Waals surface area contributed by atoms with Gasteiger partial charge in [0.15, 0.2) is 0 Å². The minimum Gasteiger partial charge on any atom is -0.257 e. The molecule has 0 saturated carbocycles. The van der Waals surface area contributed by atoms with Crippen LogP contribution in [0.15, 0.2) is 23.2 Å². The lowest BCUT2D eigenvalue weighted by Gasteiger charge is -2.23. The van der Waals surface area contributed by atoms with E-state index in [0.29, 0.717) is 0 Å². The standard InChI is InChI=1S/C15H19N/c1-6-7-12-10(2)8-9-13-14(12)15(4,5)11(3)16-13/h6-9H,1-5H3/b7-6-. The maximum Gasteiger partial charge on any atom is 0.0676 e. The number of fused-ring (bicyclic) bond motifs is 1. The third kappa shape index (κ3) is 1.42. The van der Waals surface area contributed by atoms with Crippen molar-refractivity contribution in [1.82, 2.24) is 0 Å². The summed E-state index contributed by atoms with van der Waals surface area (Å²) in [7, 11) is 0. The number of aliphatic imine (C=N–C) groups is 1. The Balaban J connectivity index is 2.74. The van der Waals surface area contributed by atoms with Gasteiger partial charge in [-0.15, -0.1) is 0 Å². The van der Waals surface area contributed by atoms with Gasteiger partial charge in [-0.3, -0.25) is 4.99 Å². The largest absolute Gasteiger partial charge is 0.257 e. The number of rotatable bonds is 1. The van der Waals surface area contributed by atoms with Crippen LogP contribution in [0.5, 0.6) is 0 Å². The molecule has 2 rings (SSSR count). The van der Waals surface area contributed by atoms with E-state index < -0.39 is 0 Å².